The third-order valence-electron chi connectivity index (χ3n) is 4.92. The van der Waals surface area contributed by atoms with Gasteiger partial charge in [-0.15, -0.1) is 5.10 Å². The fourth-order valence-corrected chi connectivity index (χ4v) is 3.16. The molecule has 0 fully saturated rings. The van der Waals surface area contributed by atoms with Crippen molar-refractivity contribution in [3.05, 3.63) is 83.8 Å². The zero-order chi connectivity index (χ0) is 27.0. The highest BCUT2D eigenvalue weighted by molar-refractivity contribution is 5.64. The Morgan fingerprint density at radius 1 is 0.944 bits per heavy atom. The summed E-state index contributed by atoms with van der Waals surface area (Å²) in [4.78, 5) is 27.8. The molecule has 36 heavy (non-hydrogen) atoms. The van der Waals surface area contributed by atoms with E-state index in [1.165, 1.54) is 11.1 Å². The average molecular weight is 502 g/mol. The van der Waals surface area contributed by atoms with Crippen molar-refractivity contribution < 1.29 is 24.3 Å². The Hall–Kier alpha value is -4.62. The van der Waals surface area contributed by atoms with Gasteiger partial charge in [0.2, 0.25) is 5.89 Å². The van der Waals surface area contributed by atoms with Gasteiger partial charge in [0.1, 0.15) is 0 Å². The first-order chi connectivity index (χ1) is 16.9. The number of non-ortho nitro benzene ring substituents is 1. The number of rotatable bonds is 9. The number of nitrogens with one attached hydrogen (secondary N) is 1. The van der Waals surface area contributed by atoms with Crippen molar-refractivity contribution in [2.75, 3.05) is 11.9 Å². The van der Waals surface area contributed by atoms with Crippen LogP contribution >= 0.6 is 0 Å². The van der Waals surface area contributed by atoms with Crippen LogP contribution in [0.15, 0.2) is 40.8 Å². The average Bonchev–Trinajstić information content (AvgIpc) is 3.27. The molecule has 0 amide bonds. The fourth-order valence-electron chi connectivity index (χ4n) is 3.16. The van der Waals surface area contributed by atoms with E-state index in [4.69, 9.17) is 9.52 Å². The first-order valence-electron chi connectivity index (χ1n) is 10.9. The maximum Gasteiger partial charge on any atom is 0.324 e. The van der Waals surface area contributed by atoms with Gasteiger partial charge < -0.3 is 14.8 Å². The van der Waals surface area contributed by atoms with Crippen molar-refractivity contribution in [1.82, 2.24) is 10.2 Å². The molecule has 14 nitrogen and oxygen atoms in total. The highest BCUT2D eigenvalue weighted by Crippen LogP contribution is 2.39. The highest BCUT2D eigenvalue weighted by atomic mass is 16.6. The van der Waals surface area contributed by atoms with Crippen LogP contribution in [0.3, 0.4) is 0 Å². The zero-order valence-electron chi connectivity index (χ0n) is 20.1. The zero-order valence-corrected chi connectivity index (χ0v) is 20.1. The fraction of sp³-hybridized carbons (Fsp3) is 0.364. The van der Waals surface area contributed by atoms with Gasteiger partial charge in [-0.05, 0) is 37.3 Å². The van der Waals surface area contributed by atoms with E-state index in [0.717, 1.165) is 13.0 Å². The molecule has 2 N–H and O–H groups in total. The first kappa shape index (κ1) is 27.6. The molecule has 14 heteroatoms. The minimum Gasteiger partial charge on any atom is -0.497 e. The number of anilines is 1. The van der Waals surface area contributed by atoms with Crippen molar-refractivity contribution >= 4 is 23.1 Å². The van der Waals surface area contributed by atoms with E-state index in [9.17, 15) is 30.3 Å². The van der Waals surface area contributed by atoms with Gasteiger partial charge in [0.15, 0.2) is 0 Å². The number of aromatic nitrogens is 2. The molecule has 0 spiro atoms. The number of phenolic OH excluding ortho intramolecular Hbond substituents is 1. The third-order valence-corrected chi connectivity index (χ3v) is 4.92. The summed E-state index contributed by atoms with van der Waals surface area (Å²) in [5, 5.41) is 51.3. The van der Waals surface area contributed by atoms with E-state index in [1.807, 2.05) is 6.92 Å². The number of aromatic hydroxyl groups is 1. The van der Waals surface area contributed by atoms with Gasteiger partial charge in [0, 0.05) is 6.54 Å². The van der Waals surface area contributed by atoms with Gasteiger partial charge in [-0.2, -0.15) is 0 Å². The summed E-state index contributed by atoms with van der Waals surface area (Å²) in [6, 6.07) is 10.1. The molecule has 2 aromatic carbocycles. The van der Waals surface area contributed by atoms with Gasteiger partial charge in [-0.1, -0.05) is 43.2 Å². The van der Waals surface area contributed by atoms with Crippen LogP contribution in [0.25, 0.3) is 0 Å². The lowest BCUT2D eigenvalue weighted by Gasteiger charge is -2.09. The van der Waals surface area contributed by atoms with E-state index in [1.54, 1.807) is 0 Å². The summed E-state index contributed by atoms with van der Waals surface area (Å²) in [5.74, 6) is 0.234. The predicted octanol–water partition coefficient (Wildman–Crippen LogP) is 4.97. The Bertz CT molecular complexity index is 1190. The van der Waals surface area contributed by atoms with Crippen LogP contribution in [0.2, 0.25) is 0 Å². The molecule has 3 rings (SSSR count). The van der Waals surface area contributed by atoms with Crippen molar-refractivity contribution in [2.24, 2.45) is 5.92 Å². The van der Waals surface area contributed by atoms with Crippen molar-refractivity contribution in [2.45, 2.75) is 40.0 Å². The summed E-state index contributed by atoms with van der Waals surface area (Å²) in [7, 11) is 0. The van der Waals surface area contributed by atoms with E-state index in [2.05, 4.69) is 60.6 Å². The van der Waals surface area contributed by atoms with Crippen LogP contribution in [0.5, 0.6) is 5.75 Å². The van der Waals surface area contributed by atoms with Crippen molar-refractivity contribution in [1.29, 1.82) is 0 Å². The molecule has 0 aliphatic heterocycles. The maximum absolute atomic E-state index is 10.4. The predicted molar refractivity (Wildman–Crippen MR) is 129 cm³/mol. The van der Waals surface area contributed by atoms with Crippen LogP contribution in [-0.4, -0.2) is 36.6 Å². The number of hydrogen-bond donors (Lipinski definition) is 2. The topological polar surface area (TPSA) is 201 Å². The molecule has 0 bridgehead atoms. The summed E-state index contributed by atoms with van der Waals surface area (Å²) >= 11 is 0. The Kier molecular flexibility index (Phi) is 9.35. The highest BCUT2D eigenvalue weighted by Gasteiger charge is 2.30. The van der Waals surface area contributed by atoms with Gasteiger partial charge in [-0.3, -0.25) is 30.3 Å². The van der Waals surface area contributed by atoms with Crippen LogP contribution in [-0.2, 0) is 6.42 Å². The molecule has 3 aromatic rings. The number of nitro groups is 3. The molecule has 0 aliphatic carbocycles. The maximum atomic E-state index is 10.4. The Morgan fingerprint density at radius 2 is 1.50 bits per heavy atom. The second-order valence-electron chi connectivity index (χ2n) is 8.14. The quantitative estimate of drug-likeness (QED) is 0.295. The van der Waals surface area contributed by atoms with Crippen LogP contribution in [0, 0.1) is 36.3 Å². The monoisotopic (exact) mass is 502 g/mol. The molecular formula is C22H26N6O8. The molecule has 0 radical (unpaired) electrons. The summed E-state index contributed by atoms with van der Waals surface area (Å²) in [6.07, 6.45) is 1.11. The standard InChI is InChI=1S/C16H23N3O.C6H3N3O7/c1-5-17-16-19-18-15(20-16)12(4)14-8-6-13(7-9-14)10-11(2)3;10-6-4(8(13)14)1-3(7(11)12)2-5(6)9(15)16/h6-9,11-12H,5,10H2,1-4H3,(H,17,19);1-2,10H. The number of nitrogens with zero attached hydrogens (tertiary/aromatic N) is 5. The molecule has 0 saturated carbocycles. The smallest absolute Gasteiger partial charge is 0.324 e. The number of hydrogen-bond acceptors (Lipinski definition) is 11. The second kappa shape index (κ2) is 12.2. The minimum atomic E-state index is -1.21. The number of nitro benzene ring substituents is 3. The molecular weight excluding hydrogens is 476 g/mol. The normalized spacial score (nSPS) is 11.4. The van der Waals surface area contributed by atoms with Gasteiger partial charge in [0.05, 0.1) is 32.8 Å². The van der Waals surface area contributed by atoms with E-state index in [0.29, 0.717) is 30.0 Å². The van der Waals surface area contributed by atoms with Gasteiger partial charge >= 0.3 is 17.4 Å². The Balaban J connectivity index is 0.000000261. The Labute approximate surface area is 205 Å². The Morgan fingerprint density at radius 3 is 1.94 bits per heavy atom. The van der Waals surface area contributed by atoms with Crippen molar-refractivity contribution in [3.63, 3.8) is 0 Å². The van der Waals surface area contributed by atoms with Crippen LogP contribution < -0.4 is 5.32 Å². The van der Waals surface area contributed by atoms with E-state index < -0.39 is 37.6 Å². The number of phenols is 1. The first-order valence-corrected chi connectivity index (χ1v) is 10.9. The molecule has 1 unspecified atom stereocenters. The van der Waals surface area contributed by atoms with E-state index >= 15 is 0 Å². The molecule has 1 heterocycles. The third kappa shape index (κ3) is 7.19. The molecule has 1 atom stereocenters. The molecule has 0 saturated heterocycles. The summed E-state index contributed by atoms with van der Waals surface area (Å²) < 4.78 is 5.60. The summed E-state index contributed by atoms with van der Waals surface area (Å²) in [5.41, 5.74) is -0.433. The van der Waals surface area contributed by atoms with E-state index in [-0.39, 0.29) is 5.92 Å². The lowest BCUT2D eigenvalue weighted by Crippen LogP contribution is -1.98. The molecule has 1 aromatic heterocycles. The lowest BCUT2D eigenvalue weighted by molar-refractivity contribution is -0.404. The largest absolute Gasteiger partial charge is 0.497 e. The molecule has 192 valence electrons. The number of benzene rings is 2. The second-order valence-corrected chi connectivity index (χ2v) is 8.14. The minimum absolute atomic E-state index is 0.114. The van der Waals surface area contributed by atoms with Gasteiger partial charge in [-0.25, -0.2) is 0 Å². The van der Waals surface area contributed by atoms with Gasteiger partial charge in [0.25, 0.3) is 11.4 Å². The van der Waals surface area contributed by atoms with Crippen LogP contribution in [0.4, 0.5) is 23.1 Å². The lowest BCUT2D eigenvalue weighted by atomic mass is 9.97. The van der Waals surface area contributed by atoms with Crippen molar-refractivity contribution in [3.8, 4) is 5.75 Å². The molecule has 0 aliphatic rings. The SMILES string of the molecule is CCNc1nnc(C(C)c2ccc(CC(C)C)cc2)o1.O=[N+]([O-])c1cc([N+](=O)[O-])c(O)c([N+](=O)[O-])c1. The summed E-state index contributed by atoms with van der Waals surface area (Å²) in [6.45, 7) is 9.33. The van der Waals surface area contributed by atoms with Crippen LogP contribution in [0.1, 0.15) is 50.6 Å².